The summed E-state index contributed by atoms with van der Waals surface area (Å²) in [6.07, 6.45) is 1.92. The Bertz CT molecular complexity index is 233. The van der Waals surface area contributed by atoms with Crippen molar-refractivity contribution in [3.05, 3.63) is 22.4 Å². The first-order valence-corrected chi connectivity index (χ1v) is 6.04. The topological polar surface area (TPSA) is 32.3 Å². The first-order valence-electron chi connectivity index (χ1n) is 5.16. The number of hydrogen-bond acceptors (Lipinski definition) is 3. The molecule has 1 aromatic heterocycles. The molecule has 0 bridgehead atoms. The van der Waals surface area contributed by atoms with Gasteiger partial charge in [-0.3, -0.25) is 0 Å². The van der Waals surface area contributed by atoms with Gasteiger partial charge in [0.1, 0.15) is 0 Å². The fourth-order valence-corrected chi connectivity index (χ4v) is 2.16. The first kappa shape index (κ1) is 11.7. The quantitative estimate of drug-likeness (QED) is 0.758. The Morgan fingerprint density at radius 2 is 2.36 bits per heavy atom. The van der Waals surface area contributed by atoms with Gasteiger partial charge >= 0.3 is 0 Å². The Kier molecular flexibility index (Phi) is 5.15. The summed E-state index contributed by atoms with van der Waals surface area (Å²) in [4.78, 5) is 1.41. The summed E-state index contributed by atoms with van der Waals surface area (Å²) >= 11 is 1.80. The summed E-state index contributed by atoms with van der Waals surface area (Å²) in [6.45, 7) is 4.67. The molecule has 2 atom stereocenters. The Hall–Kier alpha value is -0.380. The number of rotatable bonds is 6. The summed E-state index contributed by atoms with van der Waals surface area (Å²) in [5.41, 5.74) is 0. The number of nitrogens with one attached hydrogen (secondary N) is 1. The normalized spacial score (nSPS) is 15.4. The van der Waals surface area contributed by atoms with Crippen LogP contribution in [0.15, 0.2) is 17.5 Å². The third-order valence-corrected chi connectivity index (χ3v) is 3.12. The zero-order chi connectivity index (χ0) is 10.4. The van der Waals surface area contributed by atoms with Crippen LogP contribution in [-0.4, -0.2) is 23.8 Å². The summed E-state index contributed by atoms with van der Waals surface area (Å²) in [5, 5.41) is 14.6. The van der Waals surface area contributed by atoms with Crippen LogP contribution in [-0.2, 0) is 6.42 Å². The maximum atomic E-state index is 9.16. The van der Waals surface area contributed by atoms with Crippen molar-refractivity contribution in [2.45, 2.75) is 38.8 Å². The Morgan fingerprint density at radius 1 is 1.57 bits per heavy atom. The molecule has 1 unspecified atom stereocenters. The predicted molar refractivity (Wildman–Crippen MR) is 61.8 cm³/mol. The molecule has 1 aromatic rings. The standard InChI is InChI=1S/C11H19NOS/c1-3-10(12-8-9(2)13)7-11-5-4-6-14-11/h4-6,9-10,12-13H,3,7-8H2,1-2H3/t9-,10?/m1/s1. The second-order valence-corrected chi connectivity index (χ2v) is 4.68. The lowest BCUT2D eigenvalue weighted by Gasteiger charge is -2.17. The zero-order valence-corrected chi connectivity index (χ0v) is 9.68. The maximum absolute atomic E-state index is 9.16. The summed E-state index contributed by atoms with van der Waals surface area (Å²) < 4.78 is 0. The smallest absolute Gasteiger partial charge is 0.0636 e. The minimum Gasteiger partial charge on any atom is -0.392 e. The molecule has 1 rings (SSSR count). The molecule has 0 aliphatic rings. The summed E-state index contributed by atoms with van der Waals surface area (Å²) in [6, 6.07) is 4.74. The molecule has 2 nitrogen and oxygen atoms in total. The van der Waals surface area contributed by atoms with Crippen LogP contribution in [0.2, 0.25) is 0 Å². The van der Waals surface area contributed by atoms with E-state index in [1.807, 2.05) is 6.92 Å². The van der Waals surface area contributed by atoms with Gasteiger partial charge in [0, 0.05) is 17.5 Å². The van der Waals surface area contributed by atoms with Crippen molar-refractivity contribution in [2.75, 3.05) is 6.54 Å². The average Bonchev–Trinajstić information content (AvgIpc) is 2.64. The van der Waals surface area contributed by atoms with E-state index in [-0.39, 0.29) is 6.10 Å². The third-order valence-electron chi connectivity index (χ3n) is 2.22. The number of hydrogen-bond donors (Lipinski definition) is 2. The monoisotopic (exact) mass is 213 g/mol. The van der Waals surface area contributed by atoms with Gasteiger partial charge < -0.3 is 10.4 Å². The third kappa shape index (κ3) is 4.22. The second-order valence-electron chi connectivity index (χ2n) is 3.65. The first-order chi connectivity index (χ1) is 6.72. The van der Waals surface area contributed by atoms with Crippen molar-refractivity contribution in [3.8, 4) is 0 Å². The van der Waals surface area contributed by atoms with Crippen molar-refractivity contribution < 1.29 is 5.11 Å². The molecule has 1 heterocycles. The Morgan fingerprint density at radius 3 is 2.86 bits per heavy atom. The van der Waals surface area contributed by atoms with Gasteiger partial charge in [-0.25, -0.2) is 0 Å². The average molecular weight is 213 g/mol. The molecule has 0 radical (unpaired) electrons. The number of aliphatic hydroxyl groups is 1. The minimum absolute atomic E-state index is 0.257. The minimum atomic E-state index is -0.257. The van der Waals surface area contributed by atoms with Crippen molar-refractivity contribution in [3.63, 3.8) is 0 Å². The van der Waals surface area contributed by atoms with Crippen molar-refractivity contribution in [1.29, 1.82) is 0 Å². The van der Waals surface area contributed by atoms with E-state index >= 15 is 0 Å². The van der Waals surface area contributed by atoms with E-state index < -0.39 is 0 Å². The van der Waals surface area contributed by atoms with Crippen LogP contribution < -0.4 is 5.32 Å². The highest BCUT2D eigenvalue weighted by atomic mass is 32.1. The Balaban J connectivity index is 2.32. The second kappa shape index (κ2) is 6.17. The van der Waals surface area contributed by atoms with Crippen LogP contribution in [0.25, 0.3) is 0 Å². The van der Waals surface area contributed by atoms with E-state index in [2.05, 4.69) is 29.8 Å². The van der Waals surface area contributed by atoms with Gasteiger partial charge in [0.15, 0.2) is 0 Å². The number of thiophene rings is 1. The number of aliphatic hydroxyl groups excluding tert-OH is 1. The highest BCUT2D eigenvalue weighted by Crippen LogP contribution is 2.12. The van der Waals surface area contributed by atoms with E-state index in [0.717, 1.165) is 12.8 Å². The molecule has 3 heteroatoms. The van der Waals surface area contributed by atoms with Gasteiger partial charge in [-0.05, 0) is 31.2 Å². The molecular weight excluding hydrogens is 194 g/mol. The molecule has 0 aromatic carbocycles. The highest BCUT2D eigenvalue weighted by Gasteiger charge is 2.08. The van der Waals surface area contributed by atoms with Crippen LogP contribution >= 0.6 is 11.3 Å². The van der Waals surface area contributed by atoms with E-state index in [9.17, 15) is 0 Å². The predicted octanol–water partition coefficient (Wildman–Crippen LogP) is 2.04. The molecule has 0 aliphatic heterocycles. The largest absolute Gasteiger partial charge is 0.392 e. The van der Waals surface area contributed by atoms with E-state index in [1.165, 1.54) is 4.88 Å². The molecule has 80 valence electrons. The zero-order valence-electron chi connectivity index (χ0n) is 8.86. The van der Waals surface area contributed by atoms with Crippen LogP contribution in [0.1, 0.15) is 25.1 Å². The van der Waals surface area contributed by atoms with E-state index in [4.69, 9.17) is 5.11 Å². The van der Waals surface area contributed by atoms with Gasteiger partial charge in [0.25, 0.3) is 0 Å². The van der Waals surface area contributed by atoms with Crippen LogP contribution in [0, 0.1) is 0 Å². The van der Waals surface area contributed by atoms with Crippen LogP contribution in [0.4, 0.5) is 0 Å². The van der Waals surface area contributed by atoms with Gasteiger partial charge in [-0.1, -0.05) is 13.0 Å². The molecule has 2 N–H and O–H groups in total. The highest BCUT2D eigenvalue weighted by molar-refractivity contribution is 7.09. The van der Waals surface area contributed by atoms with Gasteiger partial charge in [0.05, 0.1) is 6.10 Å². The fraction of sp³-hybridized carbons (Fsp3) is 0.636. The lowest BCUT2D eigenvalue weighted by atomic mass is 10.1. The van der Waals surface area contributed by atoms with E-state index in [1.54, 1.807) is 11.3 Å². The van der Waals surface area contributed by atoms with E-state index in [0.29, 0.717) is 12.6 Å². The molecule has 0 amide bonds. The molecule has 0 fully saturated rings. The molecule has 14 heavy (non-hydrogen) atoms. The van der Waals surface area contributed by atoms with Crippen molar-refractivity contribution >= 4 is 11.3 Å². The van der Waals surface area contributed by atoms with Crippen molar-refractivity contribution in [1.82, 2.24) is 5.32 Å². The molecule has 0 spiro atoms. The molecular formula is C11H19NOS. The van der Waals surface area contributed by atoms with Crippen molar-refractivity contribution in [2.24, 2.45) is 0 Å². The fourth-order valence-electron chi connectivity index (χ4n) is 1.37. The Labute approximate surface area is 90.0 Å². The van der Waals surface area contributed by atoms with Gasteiger partial charge in [-0.2, -0.15) is 0 Å². The lowest BCUT2D eigenvalue weighted by molar-refractivity contribution is 0.185. The van der Waals surface area contributed by atoms with Gasteiger partial charge in [0.2, 0.25) is 0 Å². The molecule has 0 saturated carbocycles. The van der Waals surface area contributed by atoms with Crippen LogP contribution in [0.5, 0.6) is 0 Å². The SMILES string of the molecule is CCC(Cc1cccs1)NC[C@@H](C)O. The summed E-state index contributed by atoms with van der Waals surface area (Å²) in [5.74, 6) is 0. The van der Waals surface area contributed by atoms with Gasteiger partial charge in [-0.15, -0.1) is 11.3 Å². The summed E-state index contributed by atoms with van der Waals surface area (Å²) in [7, 11) is 0. The molecule has 0 saturated heterocycles. The maximum Gasteiger partial charge on any atom is 0.0636 e. The lowest BCUT2D eigenvalue weighted by Crippen LogP contribution is -2.35. The van der Waals surface area contributed by atoms with Crippen LogP contribution in [0.3, 0.4) is 0 Å². The molecule has 0 aliphatic carbocycles.